The lowest BCUT2D eigenvalue weighted by Gasteiger charge is -2.28. The highest BCUT2D eigenvalue weighted by Gasteiger charge is 2.23. The van der Waals surface area contributed by atoms with Crippen LogP contribution in [-0.2, 0) is 4.74 Å². The van der Waals surface area contributed by atoms with Crippen LogP contribution < -0.4 is 10.1 Å². The molecule has 2 N–H and O–H groups in total. The monoisotopic (exact) mass is 281 g/mol. The van der Waals surface area contributed by atoms with Gasteiger partial charge in [0.15, 0.2) is 0 Å². The average molecular weight is 281 g/mol. The van der Waals surface area contributed by atoms with Crippen molar-refractivity contribution in [3.05, 3.63) is 29.8 Å². The van der Waals surface area contributed by atoms with Crippen molar-refractivity contribution in [2.45, 2.75) is 32.4 Å². The Hall–Kier alpha value is -1.10. The van der Waals surface area contributed by atoms with Gasteiger partial charge in [0.2, 0.25) is 0 Å². The minimum Gasteiger partial charge on any atom is -0.497 e. The van der Waals surface area contributed by atoms with Gasteiger partial charge in [-0.05, 0) is 36.6 Å². The number of methoxy groups -OCH3 is 2. The highest BCUT2D eigenvalue weighted by molar-refractivity contribution is 5.30. The molecule has 1 rings (SSSR count). The second-order valence-corrected chi connectivity index (χ2v) is 5.29. The summed E-state index contributed by atoms with van der Waals surface area (Å²) in [7, 11) is 3.33. The number of hydrogen-bond acceptors (Lipinski definition) is 4. The second kappa shape index (κ2) is 8.95. The van der Waals surface area contributed by atoms with E-state index in [0.29, 0.717) is 5.92 Å². The Labute approximate surface area is 122 Å². The van der Waals surface area contributed by atoms with Crippen LogP contribution in [-0.4, -0.2) is 38.5 Å². The van der Waals surface area contributed by atoms with Crippen LogP contribution in [0.1, 0.15) is 31.9 Å². The summed E-state index contributed by atoms with van der Waals surface area (Å²) >= 11 is 0. The molecule has 0 spiro atoms. The lowest BCUT2D eigenvalue weighted by molar-refractivity contribution is 0.102. The van der Waals surface area contributed by atoms with Crippen LogP contribution in [0.4, 0.5) is 0 Å². The zero-order valence-corrected chi connectivity index (χ0v) is 12.9. The van der Waals surface area contributed by atoms with E-state index in [1.165, 1.54) is 0 Å². The second-order valence-electron chi connectivity index (χ2n) is 5.29. The van der Waals surface area contributed by atoms with Crippen LogP contribution in [0.3, 0.4) is 0 Å². The summed E-state index contributed by atoms with van der Waals surface area (Å²) in [5.74, 6) is 1.10. The molecule has 4 heteroatoms. The van der Waals surface area contributed by atoms with E-state index >= 15 is 0 Å². The van der Waals surface area contributed by atoms with E-state index in [0.717, 1.165) is 30.9 Å². The maximum absolute atomic E-state index is 10.6. The van der Waals surface area contributed by atoms with Crippen molar-refractivity contribution in [2.24, 2.45) is 5.92 Å². The number of aliphatic hydroxyl groups excluding tert-OH is 1. The largest absolute Gasteiger partial charge is 0.497 e. The van der Waals surface area contributed by atoms with Crippen molar-refractivity contribution in [2.75, 3.05) is 27.4 Å². The standard InChI is InChI=1S/C16H27NO3/c1-12(2)15(17-9-6-10-19-3)16(18)13-7-5-8-14(11-13)20-4/h5,7-8,11-12,15-18H,6,9-10H2,1-4H3. The molecule has 114 valence electrons. The van der Waals surface area contributed by atoms with Crippen molar-refractivity contribution in [1.82, 2.24) is 5.32 Å². The Kier molecular flexibility index (Phi) is 7.59. The zero-order valence-electron chi connectivity index (χ0n) is 12.9. The Morgan fingerprint density at radius 3 is 2.60 bits per heavy atom. The van der Waals surface area contributed by atoms with Crippen molar-refractivity contribution in [3.63, 3.8) is 0 Å². The fourth-order valence-corrected chi connectivity index (χ4v) is 2.23. The van der Waals surface area contributed by atoms with Gasteiger partial charge in [-0.15, -0.1) is 0 Å². The van der Waals surface area contributed by atoms with Crippen LogP contribution in [0.5, 0.6) is 5.75 Å². The molecular weight excluding hydrogens is 254 g/mol. The molecule has 0 saturated carbocycles. The molecule has 1 aromatic carbocycles. The van der Waals surface area contributed by atoms with Gasteiger partial charge in [-0.3, -0.25) is 0 Å². The molecule has 0 heterocycles. The van der Waals surface area contributed by atoms with Gasteiger partial charge in [0.25, 0.3) is 0 Å². The average Bonchev–Trinajstić information content (AvgIpc) is 2.46. The van der Waals surface area contributed by atoms with Crippen LogP contribution in [0.15, 0.2) is 24.3 Å². The summed E-state index contributed by atoms with van der Waals surface area (Å²) in [6, 6.07) is 7.61. The van der Waals surface area contributed by atoms with E-state index in [4.69, 9.17) is 9.47 Å². The first-order chi connectivity index (χ1) is 9.60. The Morgan fingerprint density at radius 1 is 1.25 bits per heavy atom. The molecule has 0 amide bonds. The number of ether oxygens (including phenoxy) is 2. The van der Waals surface area contributed by atoms with Crippen LogP contribution in [0, 0.1) is 5.92 Å². The van der Waals surface area contributed by atoms with Crippen molar-refractivity contribution >= 4 is 0 Å². The normalized spacial score (nSPS) is 14.3. The Morgan fingerprint density at radius 2 is 2.00 bits per heavy atom. The van der Waals surface area contributed by atoms with E-state index in [-0.39, 0.29) is 6.04 Å². The summed E-state index contributed by atoms with van der Waals surface area (Å²) in [5, 5.41) is 14.0. The molecule has 0 aliphatic carbocycles. The highest BCUT2D eigenvalue weighted by atomic mass is 16.5. The first kappa shape index (κ1) is 17.0. The first-order valence-corrected chi connectivity index (χ1v) is 7.14. The molecular formula is C16H27NO3. The SMILES string of the molecule is COCCCNC(C(C)C)C(O)c1cccc(OC)c1. The molecule has 0 aromatic heterocycles. The third-order valence-electron chi connectivity index (χ3n) is 3.40. The van der Waals surface area contributed by atoms with Crippen LogP contribution >= 0.6 is 0 Å². The quantitative estimate of drug-likeness (QED) is 0.682. The Bertz CT molecular complexity index is 382. The van der Waals surface area contributed by atoms with Gasteiger partial charge in [0.1, 0.15) is 5.75 Å². The fourth-order valence-electron chi connectivity index (χ4n) is 2.23. The number of rotatable bonds is 9. The molecule has 20 heavy (non-hydrogen) atoms. The van der Waals surface area contributed by atoms with Crippen molar-refractivity contribution in [3.8, 4) is 5.75 Å². The molecule has 0 aliphatic rings. The van der Waals surface area contributed by atoms with Gasteiger partial charge in [-0.25, -0.2) is 0 Å². The first-order valence-electron chi connectivity index (χ1n) is 7.14. The summed E-state index contributed by atoms with van der Waals surface area (Å²) in [5.41, 5.74) is 0.877. The van der Waals surface area contributed by atoms with Crippen molar-refractivity contribution < 1.29 is 14.6 Å². The summed E-state index contributed by atoms with van der Waals surface area (Å²) in [6.07, 6.45) is 0.387. The third-order valence-corrected chi connectivity index (χ3v) is 3.40. The molecule has 0 saturated heterocycles. The minimum absolute atomic E-state index is 0.0129. The summed E-state index contributed by atoms with van der Waals surface area (Å²) in [4.78, 5) is 0. The van der Waals surface area contributed by atoms with Gasteiger partial charge in [0, 0.05) is 19.8 Å². The predicted molar refractivity (Wildman–Crippen MR) is 81.1 cm³/mol. The summed E-state index contributed by atoms with van der Waals surface area (Å²) < 4.78 is 10.3. The lowest BCUT2D eigenvalue weighted by atomic mass is 9.93. The summed E-state index contributed by atoms with van der Waals surface area (Å²) in [6.45, 7) is 5.78. The number of nitrogens with one attached hydrogen (secondary N) is 1. The third kappa shape index (κ3) is 5.12. The topological polar surface area (TPSA) is 50.7 Å². The predicted octanol–water partition coefficient (Wildman–Crippen LogP) is 2.38. The van der Waals surface area contributed by atoms with Gasteiger partial charge in [-0.1, -0.05) is 26.0 Å². The molecule has 0 aliphatic heterocycles. The molecule has 2 unspecified atom stereocenters. The maximum atomic E-state index is 10.6. The zero-order chi connectivity index (χ0) is 15.0. The van der Waals surface area contributed by atoms with Gasteiger partial charge in [0.05, 0.1) is 13.2 Å². The number of benzene rings is 1. The molecule has 0 fully saturated rings. The van der Waals surface area contributed by atoms with Crippen LogP contribution in [0.2, 0.25) is 0 Å². The van der Waals surface area contributed by atoms with Gasteiger partial charge >= 0.3 is 0 Å². The van der Waals surface area contributed by atoms with E-state index in [9.17, 15) is 5.11 Å². The molecule has 4 nitrogen and oxygen atoms in total. The number of hydrogen-bond donors (Lipinski definition) is 2. The molecule has 1 aromatic rings. The van der Waals surface area contributed by atoms with E-state index in [1.807, 2.05) is 24.3 Å². The fraction of sp³-hybridized carbons (Fsp3) is 0.625. The van der Waals surface area contributed by atoms with E-state index in [2.05, 4.69) is 19.2 Å². The highest BCUT2D eigenvalue weighted by Crippen LogP contribution is 2.25. The molecule has 2 atom stereocenters. The van der Waals surface area contributed by atoms with Crippen molar-refractivity contribution in [1.29, 1.82) is 0 Å². The Balaban J connectivity index is 2.69. The van der Waals surface area contributed by atoms with E-state index < -0.39 is 6.10 Å². The van der Waals surface area contributed by atoms with Gasteiger partial charge in [-0.2, -0.15) is 0 Å². The maximum Gasteiger partial charge on any atom is 0.119 e. The van der Waals surface area contributed by atoms with E-state index in [1.54, 1.807) is 14.2 Å². The molecule has 0 bridgehead atoms. The minimum atomic E-state index is -0.548. The molecule has 0 radical (unpaired) electrons. The van der Waals surface area contributed by atoms with Gasteiger partial charge < -0.3 is 19.9 Å². The lowest BCUT2D eigenvalue weighted by Crippen LogP contribution is -2.40. The smallest absolute Gasteiger partial charge is 0.119 e. The van der Waals surface area contributed by atoms with Crippen LogP contribution in [0.25, 0.3) is 0 Å². The number of aliphatic hydroxyl groups is 1.